The Kier molecular flexibility index (Phi) is 3.00. The predicted octanol–water partition coefficient (Wildman–Crippen LogP) is 3.55. The molecule has 21 heavy (non-hydrogen) atoms. The number of nitrogens with one attached hydrogen (secondary N) is 1. The number of piperidine rings is 2. The molecule has 6 bridgehead atoms. The lowest BCUT2D eigenvalue weighted by atomic mass is 9.50. The van der Waals surface area contributed by atoms with Crippen molar-refractivity contribution in [1.82, 2.24) is 5.32 Å². The van der Waals surface area contributed by atoms with Gasteiger partial charge < -0.3 is 5.32 Å². The van der Waals surface area contributed by atoms with E-state index in [4.69, 9.17) is 0 Å². The Hall–Kier alpha value is -0.370. The fourth-order valence-electron chi connectivity index (χ4n) is 7.16. The molecule has 116 valence electrons. The van der Waals surface area contributed by atoms with Crippen LogP contribution in [-0.4, -0.2) is 17.9 Å². The molecule has 0 radical (unpaired) electrons. The van der Waals surface area contributed by atoms with Gasteiger partial charge >= 0.3 is 0 Å². The summed E-state index contributed by atoms with van der Waals surface area (Å²) in [6, 6.07) is 1.31. The number of hydrogen-bond donors (Lipinski definition) is 1. The highest BCUT2D eigenvalue weighted by atomic mass is 16.1. The zero-order chi connectivity index (χ0) is 14.0. The van der Waals surface area contributed by atoms with Crippen LogP contribution in [0.1, 0.15) is 64.2 Å². The van der Waals surface area contributed by atoms with Crippen LogP contribution >= 0.6 is 0 Å². The maximum absolute atomic E-state index is 13.3. The molecule has 2 heteroatoms. The summed E-state index contributed by atoms with van der Waals surface area (Å²) in [5.41, 5.74) is 0. The first-order valence-corrected chi connectivity index (χ1v) is 9.56. The molecule has 6 aliphatic rings. The molecule has 2 saturated heterocycles. The molecular weight excluding hydrogens is 258 g/mol. The molecule has 0 spiro atoms. The quantitative estimate of drug-likeness (QED) is 0.841. The van der Waals surface area contributed by atoms with E-state index in [1.165, 1.54) is 51.4 Å². The van der Waals surface area contributed by atoms with Crippen LogP contribution in [0.25, 0.3) is 0 Å². The molecule has 6 rings (SSSR count). The SMILES string of the molecule is O=C(C1CC2CCCC(C1)N2)C1C2CC3CC(C2)CC1C3. The van der Waals surface area contributed by atoms with Crippen molar-refractivity contribution in [2.75, 3.05) is 0 Å². The average molecular weight is 287 g/mol. The van der Waals surface area contributed by atoms with Crippen molar-refractivity contribution in [3.8, 4) is 0 Å². The van der Waals surface area contributed by atoms with Gasteiger partial charge in [-0.25, -0.2) is 0 Å². The number of carbonyl (C=O) groups is 1. The van der Waals surface area contributed by atoms with Crippen molar-refractivity contribution in [3.05, 3.63) is 0 Å². The van der Waals surface area contributed by atoms with Crippen molar-refractivity contribution >= 4 is 5.78 Å². The topological polar surface area (TPSA) is 29.1 Å². The molecule has 2 nitrogen and oxygen atoms in total. The predicted molar refractivity (Wildman–Crippen MR) is 82.8 cm³/mol. The Labute approximate surface area is 128 Å². The van der Waals surface area contributed by atoms with Crippen LogP contribution in [0, 0.1) is 35.5 Å². The minimum Gasteiger partial charge on any atom is -0.311 e. The van der Waals surface area contributed by atoms with E-state index in [1.54, 1.807) is 0 Å². The fourth-order valence-corrected chi connectivity index (χ4v) is 7.16. The lowest BCUT2D eigenvalue weighted by Gasteiger charge is -2.55. The first-order chi connectivity index (χ1) is 10.3. The molecule has 2 unspecified atom stereocenters. The summed E-state index contributed by atoms with van der Waals surface area (Å²) < 4.78 is 0. The van der Waals surface area contributed by atoms with Gasteiger partial charge in [-0.3, -0.25) is 4.79 Å². The molecule has 2 aliphatic heterocycles. The summed E-state index contributed by atoms with van der Waals surface area (Å²) >= 11 is 0. The first kappa shape index (κ1) is 13.1. The van der Waals surface area contributed by atoms with Gasteiger partial charge in [0.2, 0.25) is 0 Å². The van der Waals surface area contributed by atoms with Crippen molar-refractivity contribution < 1.29 is 4.79 Å². The van der Waals surface area contributed by atoms with E-state index in [0.29, 0.717) is 29.7 Å². The number of fused-ring (bicyclic) bond motifs is 2. The van der Waals surface area contributed by atoms with Gasteiger partial charge in [0.1, 0.15) is 5.78 Å². The van der Waals surface area contributed by atoms with Gasteiger partial charge in [0.05, 0.1) is 0 Å². The van der Waals surface area contributed by atoms with E-state index in [-0.39, 0.29) is 0 Å². The maximum atomic E-state index is 13.3. The second kappa shape index (κ2) is 4.81. The van der Waals surface area contributed by atoms with Gasteiger partial charge in [0.15, 0.2) is 0 Å². The van der Waals surface area contributed by atoms with Gasteiger partial charge in [0, 0.05) is 23.9 Å². The molecule has 1 N–H and O–H groups in total. The molecule has 2 heterocycles. The smallest absolute Gasteiger partial charge is 0.139 e. The third kappa shape index (κ3) is 2.12. The molecular formula is C19H29NO. The van der Waals surface area contributed by atoms with Crippen LogP contribution in [0.4, 0.5) is 0 Å². The van der Waals surface area contributed by atoms with E-state index in [0.717, 1.165) is 36.5 Å². The van der Waals surface area contributed by atoms with Crippen LogP contribution in [0.3, 0.4) is 0 Å². The van der Waals surface area contributed by atoms with Gasteiger partial charge in [-0.15, -0.1) is 0 Å². The van der Waals surface area contributed by atoms with Crippen molar-refractivity contribution in [2.45, 2.75) is 76.3 Å². The Morgan fingerprint density at radius 3 is 1.90 bits per heavy atom. The Balaban J connectivity index is 1.34. The van der Waals surface area contributed by atoms with E-state index in [9.17, 15) is 4.79 Å². The average Bonchev–Trinajstić information content (AvgIpc) is 2.45. The van der Waals surface area contributed by atoms with Crippen LogP contribution in [0.2, 0.25) is 0 Å². The summed E-state index contributed by atoms with van der Waals surface area (Å²) in [7, 11) is 0. The molecule has 2 atom stereocenters. The highest BCUT2D eigenvalue weighted by molar-refractivity contribution is 5.84. The monoisotopic (exact) mass is 287 g/mol. The van der Waals surface area contributed by atoms with Crippen molar-refractivity contribution in [2.24, 2.45) is 35.5 Å². The highest BCUT2D eigenvalue weighted by Gasteiger charge is 2.52. The van der Waals surface area contributed by atoms with E-state index in [1.807, 2.05) is 0 Å². The number of carbonyl (C=O) groups excluding carboxylic acids is 1. The lowest BCUT2D eigenvalue weighted by Crippen LogP contribution is -2.54. The second-order valence-corrected chi connectivity index (χ2v) is 9.02. The largest absolute Gasteiger partial charge is 0.311 e. The van der Waals surface area contributed by atoms with Gasteiger partial charge in [-0.1, -0.05) is 6.42 Å². The summed E-state index contributed by atoms with van der Waals surface area (Å²) in [4.78, 5) is 13.3. The number of Topliss-reactive ketones (excluding diaryl/α,β-unsaturated/α-hetero) is 1. The molecule has 0 aromatic carbocycles. The summed E-state index contributed by atoms with van der Waals surface area (Å²) in [5.74, 6) is 5.13. The van der Waals surface area contributed by atoms with E-state index < -0.39 is 0 Å². The van der Waals surface area contributed by atoms with E-state index in [2.05, 4.69) is 5.32 Å². The highest BCUT2D eigenvalue weighted by Crippen LogP contribution is 2.57. The van der Waals surface area contributed by atoms with Crippen molar-refractivity contribution in [3.63, 3.8) is 0 Å². The number of rotatable bonds is 2. The lowest BCUT2D eigenvalue weighted by molar-refractivity contribution is -0.141. The zero-order valence-electron chi connectivity index (χ0n) is 13.1. The zero-order valence-corrected chi connectivity index (χ0v) is 13.1. The van der Waals surface area contributed by atoms with Crippen LogP contribution in [-0.2, 0) is 4.79 Å². The minimum atomic E-state index is 0.407. The third-order valence-corrected chi connectivity index (χ3v) is 7.67. The minimum absolute atomic E-state index is 0.407. The summed E-state index contributed by atoms with van der Waals surface area (Å²) in [5, 5.41) is 3.75. The fraction of sp³-hybridized carbons (Fsp3) is 0.947. The number of hydrogen-bond acceptors (Lipinski definition) is 2. The number of ketones is 1. The maximum Gasteiger partial charge on any atom is 0.139 e. The van der Waals surface area contributed by atoms with Gasteiger partial charge in [-0.05, 0) is 81.5 Å². The second-order valence-electron chi connectivity index (χ2n) is 9.02. The van der Waals surface area contributed by atoms with Gasteiger partial charge in [-0.2, -0.15) is 0 Å². The summed E-state index contributed by atoms with van der Waals surface area (Å²) in [6.45, 7) is 0. The van der Waals surface area contributed by atoms with E-state index >= 15 is 0 Å². The van der Waals surface area contributed by atoms with Crippen LogP contribution < -0.4 is 5.32 Å². The van der Waals surface area contributed by atoms with Gasteiger partial charge in [0.25, 0.3) is 0 Å². The molecule has 0 amide bonds. The third-order valence-electron chi connectivity index (χ3n) is 7.67. The molecule has 6 fully saturated rings. The normalized spacial score (nSPS) is 54.7. The Bertz CT molecular complexity index is 405. The standard InChI is InChI=1S/C19H29NO/c21-19(15-9-16-2-1-3-17(10-15)20-16)18-13-5-11-4-12(7-13)8-14(18)6-11/h11-18,20H,1-10H2. The van der Waals surface area contributed by atoms with Crippen LogP contribution in [0.15, 0.2) is 0 Å². The Morgan fingerprint density at radius 2 is 1.33 bits per heavy atom. The van der Waals surface area contributed by atoms with Crippen LogP contribution in [0.5, 0.6) is 0 Å². The Morgan fingerprint density at radius 1 is 0.762 bits per heavy atom. The molecule has 4 saturated carbocycles. The van der Waals surface area contributed by atoms with Crippen molar-refractivity contribution in [1.29, 1.82) is 0 Å². The molecule has 0 aromatic heterocycles. The first-order valence-electron chi connectivity index (χ1n) is 9.56. The summed E-state index contributed by atoms with van der Waals surface area (Å²) in [6.07, 6.45) is 13.3. The molecule has 4 aliphatic carbocycles. The molecule has 0 aromatic rings.